The molecule has 2 aliphatic rings. The standard InChI is InChI=1S/C14H20N4O2.C8H9Cl2N/c1-10(19)16(2)13-6-15-18(9-13)14(20)17-7-11-4-3-5-12(11)8-17;1-11-5-6-4-7(9)2-3-8(6)10/h6,9,11-12H,3-5,7-8H2,1-2H3;2-4,11H,5H2,1H3. The summed E-state index contributed by atoms with van der Waals surface area (Å²) < 4.78 is 1.34. The number of hydrogen-bond acceptors (Lipinski definition) is 4. The predicted octanol–water partition coefficient (Wildman–Crippen LogP) is 4.28. The van der Waals surface area contributed by atoms with Gasteiger partial charge in [0.1, 0.15) is 0 Å². The molecule has 2 unspecified atom stereocenters. The number of carbonyl (C=O) groups excluding carboxylic acids is 2. The van der Waals surface area contributed by atoms with Crippen molar-refractivity contribution < 1.29 is 9.59 Å². The molecule has 2 amide bonds. The second-order valence-corrected chi connectivity index (χ2v) is 8.97. The van der Waals surface area contributed by atoms with Crippen molar-refractivity contribution in [2.75, 3.05) is 32.1 Å². The Morgan fingerprint density at radius 3 is 2.52 bits per heavy atom. The molecule has 1 aromatic carbocycles. The van der Waals surface area contributed by atoms with Crippen molar-refractivity contribution in [3.8, 4) is 0 Å². The smallest absolute Gasteiger partial charge is 0.322 e. The third-order valence-corrected chi connectivity index (χ3v) is 6.60. The van der Waals surface area contributed by atoms with Crippen LogP contribution in [-0.2, 0) is 11.3 Å². The van der Waals surface area contributed by atoms with Crippen molar-refractivity contribution in [3.05, 3.63) is 46.2 Å². The largest absolute Gasteiger partial charge is 0.344 e. The number of anilines is 1. The lowest BCUT2D eigenvalue weighted by atomic mass is 10.0. The zero-order valence-electron chi connectivity index (χ0n) is 18.1. The third kappa shape index (κ3) is 5.79. The highest BCUT2D eigenvalue weighted by Gasteiger charge is 2.38. The van der Waals surface area contributed by atoms with E-state index < -0.39 is 0 Å². The molecule has 4 rings (SSSR count). The number of hydrogen-bond donors (Lipinski definition) is 1. The summed E-state index contributed by atoms with van der Waals surface area (Å²) in [6.45, 7) is 3.93. The van der Waals surface area contributed by atoms with Gasteiger partial charge < -0.3 is 15.1 Å². The highest BCUT2D eigenvalue weighted by Crippen LogP contribution is 2.37. The number of rotatable bonds is 3. The van der Waals surface area contributed by atoms with Crippen molar-refractivity contribution in [3.63, 3.8) is 0 Å². The van der Waals surface area contributed by atoms with Gasteiger partial charge in [-0.3, -0.25) is 4.79 Å². The van der Waals surface area contributed by atoms with Gasteiger partial charge in [-0.2, -0.15) is 9.78 Å². The van der Waals surface area contributed by atoms with Gasteiger partial charge in [0.25, 0.3) is 0 Å². The first-order valence-corrected chi connectivity index (χ1v) is 11.2. The monoisotopic (exact) mass is 465 g/mol. The molecule has 7 nitrogen and oxygen atoms in total. The van der Waals surface area contributed by atoms with Crippen molar-refractivity contribution in [1.29, 1.82) is 0 Å². The van der Waals surface area contributed by atoms with Crippen LogP contribution < -0.4 is 10.2 Å². The molecular formula is C22H29Cl2N5O2. The number of amides is 2. The third-order valence-electron chi connectivity index (χ3n) is 6.00. The summed E-state index contributed by atoms with van der Waals surface area (Å²) in [6, 6.07) is 5.36. The maximum Gasteiger partial charge on any atom is 0.344 e. The van der Waals surface area contributed by atoms with E-state index in [1.54, 1.807) is 31.6 Å². The Morgan fingerprint density at radius 1 is 1.23 bits per heavy atom. The molecule has 168 valence electrons. The molecular weight excluding hydrogens is 437 g/mol. The molecule has 1 saturated heterocycles. The Labute approximate surface area is 193 Å². The van der Waals surface area contributed by atoms with Gasteiger partial charge in [-0.15, -0.1) is 0 Å². The molecule has 2 fully saturated rings. The summed E-state index contributed by atoms with van der Waals surface area (Å²) in [5, 5.41) is 8.57. The first-order valence-electron chi connectivity index (χ1n) is 10.5. The van der Waals surface area contributed by atoms with Gasteiger partial charge in [0, 0.05) is 43.7 Å². The molecule has 0 radical (unpaired) electrons. The Morgan fingerprint density at radius 2 is 1.90 bits per heavy atom. The van der Waals surface area contributed by atoms with Gasteiger partial charge in [0.15, 0.2) is 0 Å². The van der Waals surface area contributed by atoms with Crippen molar-refractivity contribution in [2.45, 2.75) is 32.7 Å². The van der Waals surface area contributed by atoms with E-state index in [9.17, 15) is 9.59 Å². The number of likely N-dealkylation sites (tertiary alicyclic amines) is 1. The van der Waals surface area contributed by atoms with Crippen LogP contribution in [0.25, 0.3) is 0 Å². The van der Waals surface area contributed by atoms with Crippen LogP contribution in [-0.4, -0.2) is 53.8 Å². The topological polar surface area (TPSA) is 70.5 Å². The van der Waals surface area contributed by atoms with Gasteiger partial charge in [-0.25, -0.2) is 4.79 Å². The van der Waals surface area contributed by atoms with Gasteiger partial charge in [-0.1, -0.05) is 29.6 Å². The van der Waals surface area contributed by atoms with Crippen LogP contribution in [0.3, 0.4) is 0 Å². The van der Waals surface area contributed by atoms with E-state index in [1.807, 2.05) is 18.0 Å². The van der Waals surface area contributed by atoms with Crippen LogP contribution in [0.1, 0.15) is 31.7 Å². The fraction of sp³-hybridized carbons (Fsp3) is 0.500. The quantitative estimate of drug-likeness (QED) is 0.733. The summed E-state index contributed by atoms with van der Waals surface area (Å²) in [5.74, 6) is 1.27. The molecule has 0 spiro atoms. The summed E-state index contributed by atoms with van der Waals surface area (Å²) in [5.41, 5.74) is 1.67. The minimum absolute atomic E-state index is 0.0762. The predicted molar refractivity (Wildman–Crippen MR) is 124 cm³/mol. The van der Waals surface area contributed by atoms with Gasteiger partial charge in [0.2, 0.25) is 5.91 Å². The highest BCUT2D eigenvalue weighted by atomic mass is 35.5. The number of fused-ring (bicyclic) bond motifs is 1. The second kappa shape index (κ2) is 10.5. The molecule has 2 atom stereocenters. The highest BCUT2D eigenvalue weighted by molar-refractivity contribution is 6.33. The van der Waals surface area contributed by atoms with E-state index in [-0.39, 0.29) is 11.9 Å². The normalized spacial score (nSPS) is 19.6. The molecule has 1 saturated carbocycles. The summed E-state index contributed by atoms with van der Waals surface area (Å²) in [6.07, 6.45) is 6.96. The molecule has 1 aliphatic carbocycles. The summed E-state index contributed by atoms with van der Waals surface area (Å²) in [4.78, 5) is 27.1. The number of nitrogens with zero attached hydrogens (tertiary/aromatic N) is 4. The maximum absolute atomic E-state index is 12.4. The Hall–Kier alpha value is -2.09. The average molecular weight is 466 g/mol. The van der Waals surface area contributed by atoms with E-state index in [0.717, 1.165) is 35.2 Å². The minimum atomic E-state index is -0.0809. The molecule has 1 aliphatic heterocycles. The molecule has 2 aromatic rings. The molecule has 1 aromatic heterocycles. The van der Waals surface area contributed by atoms with Crippen molar-refractivity contribution in [1.82, 2.24) is 20.0 Å². The number of benzene rings is 1. The Kier molecular flexibility index (Phi) is 7.97. The van der Waals surface area contributed by atoms with Crippen LogP contribution >= 0.6 is 23.2 Å². The van der Waals surface area contributed by atoms with Crippen LogP contribution in [0, 0.1) is 11.8 Å². The minimum Gasteiger partial charge on any atom is -0.322 e. The fourth-order valence-electron chi connectivity index (χ4n) is 4.18. The van der Waals surface area contributed by atoms with Crippen molar-refractivity contribution >= 4 is 40.8 Å². The van der Waals surface area contributed by atoms with Crippen LogP contribution in [0.5, 0.6) is 0 Å². The van der Waals surface area contributed by atoms with E-state index >= 15 is 0 Å². The van der Waals surface area contributed by atoms with Gasteiger partial charge in [0.05, 0.1) is 18.1 Å². The lowest BCUT2D eigenvalue weighted by Crippen LogP contribution is -2.33. The van der Waals surface area contributed by atoms with E-state index in [1.165, 1.54) is 35.8 Å². The zero-order chi connectivity index (χ0) is 22.5. The molecule has 0 bridgehead atoms. The maximum atomic E-state index is 12.4. The fourth-order valence-corrected chi connectivity index (χ4v) is 4.56. The molecule has 9 heteroatoms. The van der Waals surface area contributed by atoms with Crippen LogP contribution in [0.4, 0.5) is 10.5 Å². The first-order chi connectivity index (χ1) is 14.8. The molecule has 31 heavy (non-hydrogen) atoms. The average Bonchev–Trinajstić information content (AvgIpc) is 3.46. The molecule has 1 N–H and O–H groups in total. The summed E-state index contributed by atoms with van der Waals surface area (Å²) >= 11 is 11.6. The van der Waals surface area contributed by atoms with Gasteiger partial charge >= 0.3 is 6.03 Å². The van der Waals surface area contributed by atoms with Crippen LogP contribution in [0.15, 0.2) is 30.6 Å². The number of halogens is 2. The second-order valence-electron chi connectivity index (χ2n) is 8.13. The van der Waals surface area contributed by atoms with Crippen molar-refractivity contribution in [2.24, 2.45) is 11.8 Å². The van der Waals surface area contributed by atoms with E-state index in [0.29, 0.717) is 17.5 Å². The summed E-state index contributed by atoms with van der Waals surface area (Å²) in [7, 11) is 3.55. The van der Waals surface area contributed by atoms with Crippen LogP contribution in [0.2, 0.25) is 10.0 Å². The Bertz CT molecular complexity index is 920. The Balaban J connectivity index is 0.000000210. The zero-order valence-corrected chi connectivity index (χ0v) is 19.7. The number of aromatic nitrogens is 2. The van der Waals surface area contributed by atoms with E-state index in [4.69, 9.17) is 23.2 Å². The number of carbonyl (C=O) groups is 2. The number of nitrogens with one attached hydrogen (secondary N) is 1. The lowest BCUT2D eigenvalue weighted by Gasteiger charge is -2.16. The first kappa shape index (κ1) is 23.6. The van der Waals surface area contributed by atoms with Gasteiger partial charge in [-0.05, 0) is 55.5 Å². The molecule has 2 heterocycles. The SMILES string of the molecule is CC(=O)N(C)c1cnn(C(=O)N2CC3CCCC3C2)c1.CNCc1cc(Cl)ccc1Cl. The lowest BCUT2D eigenvalue weighted by molar-refractivity contribution is -0.116. The van der Waals surface area contributed by atoms with E-state index in [2.05, 4.69) is 10.4 Å².